The zero-order chi connectivity index (χ0) is 17.2. The lowest BCUT2D eigenvalue weighted by Gasteiger charge is -2.22. The highest BCUT2D eigenvalue weighted by atomic mass is 16.2. The number of amides is 2. The predicted molar refractivity (Wildman–Crippen MR) is 95.5 cm³/mol. The maximum absolute atomic E-state index is 12.9. The number of para-hydroxylation sites is 1. The Bertz CT molecular complexity index is 897. The summed E-state index contributed by atoms with van der Waals surface area (Å²) in [4.78, 5) is 35.2. The van der Waals surface area contributed by atoms with Crippen LogP contribution in [-0.2, 0) is 0 Å². The molecule has 0 bridgehead atoms. The molecule has 3 aromatic rings. The highest BCUT2D eigenvalue weighted by Gasteiger charge is 2.24. The molecule has 6 heteroatoms. The van der Waals surface area contributed by atoms with Crippen LogP contribution in [-0.4, -0.2) is 57.8 Å². The van der Waals surface area contributed by atoms with Crippen LogP contribution >= 0.6 is 0 Å². The van der Waals surface area contributed by atoms with E-state index in [1.165, 1.54) is 0 Å². The summed E-state index contributed by atoms with van der Waals surface area (Å²) in [7, 11) is 0. The number of benzene rings is 1. The smallest absolute Gasteiger partial charge is 0.256 e. The maximum Gasteiger partial charge on any atom is 0.256 e. The quantitative estimate of drug-likeness (QED) is 0.755. The molecule has 0 unspecified atom stereocenters. The molecule has 3 heterocycles. The van der Waals surface area contributed by atoms with E-state index in [9.17, 15) is 9.59 Å². The van der Waals surface area contributed by atoms with Gasteiger partial charge < -0.3 is 19.8 Å². The monoisotopic (exact) mass is 336 g/mol. The normalized spacial score (nSPS) is 15.4. The SMILES string of the molecule is O=C(c1cc[nH]c1)N1CCCN(C(=O)c2c[nH]c3ccccc23)CC1. The van der Waals surface area contributed by atoms with Crippen LogP contribution < -0.4 is 0 Å². The Kier molecular flexibility index (Phi) is 4.01. The van der Waals surface area contributed by atoms with Gasteiger partial charge in [0.15, 0.2) is 0 Å². The third-order valence-corrected chi connectivity index (χ3v) is 4.73. The van der Waals surface area contributed by atoms with Crippen LogP contribution in [0.1, 0.15) is 27.1 Å². The molecule has 0 spiro atoms. The van der Waals surface area contributed by atoms with Gasteiger partial charge in [-0.25, -0.2) is 0 Å². The first kappa shape index (κ1) is 15.5. The second-order valence-corrected chi connectivity index (χ2v) is 6.29. The van der Waals surface area contributed by atoms with Crippen molar-refractivity contribution in [1.29, 1.82) is 0 Å². The third kappa shape index (κ3) is 2.91. The number of hydrogen-bond acceptors (Lipinski definition) is 2. The van der Waals surface area contributed by atoms with Gasteiger partial charge in [0.05, 0.1) is 11.1 Å². The van der Waals surface area contributed by atoms with E-state index in [0.29, 0.717) is 37.3 Å². The van der Waals surface area contributed by atoms with Crippen LogP contribution in [0.25, 0.3) is 10.9 Å². The van der Waals surface area contributed by atoms with E-state index in [1.807, 2.05) is 34.1 Å². The van der Waals surface area contributed by atoms with Gasteiger partial charge in [-0.3, -0.25) is 9.59 Å². The van der Waals surface area contributed by atoms with Crippen molar-refractivity contribution < 1.29 is 9.59 Å². The summed E-state index contributed by atoms with van der Waals surface area (Å²) in [5.74, 6) is 0.0380. The van der Waals surface area contributed by atoms with Crippen molar-refractivity contribution in [2.45, 2.75) is 6.42 Å². The van der Waals surface area contributed by atoms with Crippen molar-refractivity contribution in [3.63, 3.8) is 0 Å². The number of carbonyl (C=O) groups is 2. The number of carbonyl (C=O) groups excluding carboxylic acids is 2. The molecule has 6 nitrogen and oxygen atoms in total. The standard InChI is InChI=1S/C19H20N4O2/c24-18(14-6-7-20-12-14)22-8-3-9-23(11-10-22)19(25)16-13-21-17-5-2-1-4-15(16)17/h1-2,4-7,12-13,20-21H,3,8-11H2. The topological polar surface area (TPSA) is 72.2 Å². The van der Waals surface area contributed by atoms with E-state index in [4.69, 9.17) is 0 Å². The van der Waals surface area contributed by atoms with Gasteiger partial charge in [-0.2, -0.15) is 0 Å². The number of H-pyrrole nitrogens is 2. The molecule has 128 valence electrons. The Morgan fingerprint density at radius 3 is 2.40 bits per heavy atom. The Morgan fingerprint density at radius 1 is 0.880 bits per heavy atom. The van der Waals surface area contributed by atoms with Gasteiger partial charge in [-0.1, -0.05) is 18.2 Å². The van der Waals surface area contributed by atoms with Crippen molar-refractivity contribution in [2.75, 3.05) is 26.2 Å². The second kappa shape index (κ2) is 6.47. The molecule has 25 heavy (non-hydrogen) atoms. The second-order valence-electron chi connectivity index (χ2n) is 6.29. The van der Waals surface area contributed by atoms with Crippen molar-refractivity contribution in [3.8, 4) is 0 Å². The fourth-order valence-electron chi connectivity index (χ4n) is 3.38. The Labute approximate surface area is 145 Å². The molecule has 4 rings (SSSR count). The molecule has 1 aromatic carbocycles. The summed E-state index contributed by atoms with van der Waals surface area (Å²) in [5.41, 5.74) is 2.32. The fourth-order valence-corrected chi connectivity index (χ4v) is 3.38. The summed E-state index contributed by atoms with van der Waals surface area (Å²) in [6, 6.07) is 9.59. The van der Waals surface area contributed by atoms with Gasteiger partial charge in [0.25, 0.3) is 11.8 Å². The molecule has 1 aliphatic rings. The van der Waals surface area contributed by atoms with Crippen LogP contribution in [0.4, 0.5) is 0 Å². The van der Waals surface area contributed by atoms with Crippen LogP contribution in [0.2, 0.25) is 0 Å². The lowest BCUT2D eigenvalue weighted by molar-refractivity contribution is 0.0720. The first-order valence-corrected chi connectivity index (χ1v) is 8.51. The predicted octanol–water partition coefficient (Wildman–Crippen LogP) is 2.48. The first-order chi connectivity index (χ1) is 12.2. The van der Waals surface area contributed by atoms with Gasteiger partial charge in [-0.15, -0.1) is 0 Å². The molecule has 0 saturated carbocycles. The molecule has 0 radical (unpaired) electrons. The van der Waals surface area contributed by atoms with Gasteiger partial charge in [0.1, 0.15) is 0 Å². The number of fused-ring (bicyclic) bond motifs is 1. The van der Waals surface area contributed by atoms with E-state index in [2.05, 4.69) is 9.97 Å². The van der Waals surface area contributed by atoms with Crippen LogP contribution in [0.3, 0.4) is 0 Å². The largest absolute Gasteiger partial charge is 0.367 e. The zero-order valence-corrected chi connectivity index (χ0v) is 13.9. The molecule has 1 aliphatic heterocycles. The van der Waals surface area contributed by atoms with Gasteiger partial charge in [0, 0.05) is 55.7 Å². The van der Waals surface area contributed by atoms with E-state index >= 15 is 0 Å². The summed E-state index contributed by atoms with van der Waals surface area (Å²) in [6.07, 6.45) is 6.02. The molecule has 0 aliphatic carbocycles. The molecular formula is C19H20N4O2. The summed E-state index contributed by atoms with van der Waals surface area (Å²) >= 11 is 0. The molecule has 2 N–H and O–H groups in total. The minimum atomic E-state index is 0.0163. The van der Waals surface area contributed by atoms with E-state index < -0.39 is 0 Å². The van der Waals surface area contributed by atoms with E-state index in [0.717, 1.165) is 17.3 Å². The number of rotatable bonds is 2. The molecular weight excluding hydrogens is 316 g/mol. The van der Waals surface area contributed by atoms with E-state index in [1.54, 1.807) is 24.7 Å². The van der Waals surface area contributed by atoms with Crippen molar-refractivity contribution in [3.05, 3.63) is 60.0 Å². The molecule has 1 fully saturated rings. The number of nitrogens with one attached hydrogen (secondary N) is 2. The average Bonchev–Trinajstić information content (AvgIpc) is 3.25. The first-order valence-electron chi connectivity index (χ1n) is 8.51. The number of hydrogen-bond donors (Lipinski definition) is 2. The van der Waals surface area contributed by atoms with Gasteiger partial charge in [0.2, 0.25) is 0 Å². The van der Waals surface area contributed by atoms with Gasteiger partial charge >= 0.3 is 0 Å². The van der Waals surface area contributed by atoms with Gasteiger partial charge in [-0.05, 0) is 18.6 Å². The van der Waals surface area contributed by atoms with Crippen molar-refractivity contribution in [2.24, 2.45) is 0 Å². The molecule has 0 atom stereocenters. The van der Waals surface area contributed by atoms with Crippen LogP contribution in [0.15, 0.2) is 48.9 Å². The highest BCUT2D eigenvalue weighted by Crippen LogP contribution is 2.20. The molecule has 2 amide bonds. The van der Waals surface area contributed by atoms with Crippen LogP contribution in [0.5, 0.6) is 0 Å². The Hall–Kier alpha value is -3.02. The minimum Gasteiger partial charge on any atom is -0.367 e. The highest BCUT2D eigenvalue weighted by molar-refractivity contribution is 6.06. The fraction of sp³-hybridized carbons (Fsp3) is 0.263. The average molecular weight is 336 g/mol. The Morgan fingerprint density at radius 2 is 1.64 bits per heavy atom. The van der Waals surface area contributed by atoms with Crippen molar-refractivity contribution in [1.82, 2.24) is 19.8 Å². The molecule has 1 saturated heterocycles. The Balaban J connectivity index is 1.49. The number of aromatic amines is 2. The zero-order valence-electron chi connectivity index (χ0n) is 13.9. The number of nitrogens with zero attached hydrogens (tertiary/aromatic N) is 2. The summed E-state index contributed by atoms with van der Waals surface area (Å²) in [6.45, 7) is 2.43. The van der Waals surface area contributed by atoms with E-state index in [-0.39, 0.29) is 11.8 Å². The summed E-state index contributed by atoms with van der Waals surface area (Å²) < 4.78 is 0. The maximum atomic E-state index is 12.9. The lowest BCUT2D eigenvalue weighted by Crippen LogP contribution is -2.37. The lowest BCUT2D eigenvalue weighted by atomic mass is 10.1. The van der Waals surface area contributed by atoms with Crippen LogP contribution in [0, 0.1) is 0 Å². The minimum absolute atomic E-state index is 0.0163. The third-order valence-electron chi connectivity index (χ3n) is 4.73. The molecule has 2 aromatic heterocycles. The summed E-state index contributed by atoms with van der Waals surface area (Å²) in [5, 5.41) is 0.942. The number of aromatic nitrogens is 2. The van der Waals surface area contributed by atoms with Crippen molar-refractivity contribution >= 4 is 22.7 Å².